The van der Waals surface area contributed by atoms with Crippen LogP contribution in [0.4, 0.5) is 0 Å². The normalized spacial score (nSPS) is 20.5. The number of carbonyl (C=O) groups is 3. The lowest BCUT2D eigenvalue weighted by Crippen LogP contribution is -2.69. The Morgan fingerprint density at radius 3 is 3.00 bits per heavy atom. The molecule has 0 aromatic carbocycles. The number of hydroxylamine groups is 2. The van der Waals surface area contributed by atoms with Gasteiger partial charge in [-0.3, -0.25) is 19.2 Å². The molecule has 3 heterocycles. The summed E-state index contributed by atoms with van der Waals surface area (Å²) >= 11 is 1.32. The molecule has 2 aliphatic heterocycles. The Kier molecular flexibility index (Phi) is 9.53. The topological polar surface area (TPSA) is 142 Å². The van der Waals surface area contributed by atoms with Gasteiger partial charge >= 0.3 is 8.60 Å². The molecule has 0 spiro atoms. The predicted molar refractivity (Wildman–Crippen MR) is 124 cm³/mol. The van der Waals surface area contributed by atoms with Crippen molar-refractivity contribution in [3.63, 3.8) is 0 Å². The van der Waals surface area contributed by atoms with E-state index in [4.69, 9.17) is 14.6 Å². The number of aromatic nitrogens is 1. The lowest BCUT2D eigenvalue weighted by Gasteiger charge is -2.47. The molecule has 0 saturated carbocycles. The van der Waals surface area contributed by atoms with Gasteiger partial charge in [-0.25, -0.2) is 4.98 Å². The molecule has 0 radical (unpaired) electrons. The number of hydrogen-bond acceptors (Lipinski definition) is 9. The van der Waals surface area contributed by atoms with E-state index >= 15 is 0 Å². The molecule has 13 heteroatoms. The van der Waals surface area contributed by atoms with Gasteiger partial charge in [0.05, 0.1) is 13.2 Å². The van der Waals surface area contributed by atoms with Crippen LogP contribution in [0.3, 0.4) is 0 Å². The molecule has 2 saturated heterocycles. The number of fused-ring (bicyclic) bond motifs is 1. The second-order valence-corrected chi connectivity index (χ2v) is 9.69. The minimum Gasteiger partial charge on any atom is -0.350 e. The lowest BCUT2D eigenvalue weighted by atomic mass is 10.0. The first-order valence-electron chi connectivity index (χ1n) is 10.7. The molecule has 2 atom stereocenters. The highest BCUT2D eigenvalue weighted by Gasteiger charge is 2.46. The summed E-state index contributed by atoms with van der Waals surface area (Å²) in [5.41, 5.74) is 0.558. The van der Waals surface area contributed by atoms with Gasteiger partial charge in [0.15, 0.2) is 12.3 Å². The number of thiazole rings is 1. The van der Waals surface area contributed by atoms with Crippen molar-refractivity contribution < 1.29 is 33.5 Å². The largest absolute Gasteiger partial charge is 0.350 e. The average molecular weight is 511 g/mol. The van der Waals surface area contributed by atoms with Gasteiger partial charge in [0.2, 0.25) is 5.91 Å². The molecule has 3 amide bonds. The molecular weight excluding hydrogens is 483 g/mol. The number of hydrogen-bond donors (Lipinski definition) is 3. The fourth-order valence-corrected chi connectivity index (χ4v) is 4.31. The van der Waals surface area contributed by atoms with Crippen LogP contribution in [0, 0.1) is 17.8 Å². The van der Waals surface area contributed by atoms with Crippen LogP contribution in [0.15, 0.2) is 11.5 Å². The van der Waals surface area contributed by atoms with Crippen LogP contribution in [0.1, 0.15) is 43.8 Å². The zero-order chi connectivity index (χ0) is 24.7. The van der Waals surface area contributed by atoms with Gasteiger partial charge in [0.25, 0.3) is 11.8 Å². The third kappa shape index (κ3) is 7.30. The maximum atomic E-state index is 12.9. The highest BCUT2D eigenvalue weighted by atomic mass is 32.1. The zero-order valence-corrected chi connectivity index (χ0v) is 20.6. The number of carbonyl (C=O) groups excluding carboxylic acids is 3. The molecule has 1 aromatic rings. The Morgan fingerprint density at radius 2 is 2.26 bits per heavy atom. The van der Waals surface area contributed by atoms with E-state index in [1.807, 2.05) is 13.8 Å². The fourth-order valence-electron chi connectivity index (χ4n) is 3.37. The number of nitrogens with zero attached hydrogens (tertiary/aromatic N) is 3. The van der Waals surface area contributed by atoms with E-state index in [0.29, 0.717) is 30.0 Å². The van der Waals surface area contributed by atoms with Crippen LogP contribution < -0.4 is 5.32 Å². The van der Waals surface area contributed by atoms with Crippen molar-refractivity contribution in [2.24, 2.45) is 5.92 Å². The van der Waals surface area contributed by atoms with Gasteiger partial charge in [-0.2, -0.15) is 5.06 Å². The molecule has 2 fully saturated rings. The van der Waals surface area contributed by atoms with E-state index in [1.165, 1.54) is 22.3 Å². The van der Waals surface area contributed by atoms with Crippen molar-refractivity contribution in [3.8, 4) is 11.8 Å². The summed E-state index contributed by atoms with van der Waals surface area (Å²) < 4.78 is 4.67. The van der Waals surface area contributed by atoms with Crippen molar-refractivity contribution in [2.75, 3.05) is 19.7 Å². The van der Waals surface area contributed by atoms with E-state index in [-0.39, 0.29) is 37.4 Å². The molecule has 0 bridgehead atoms. The van der Waals surface area contributed by atoms with Crippen LogP contribution >= 0.6 is 19.9 Å². The first-order valence-corrected chi connectivity index (χ1v) is 12.8. The van der Waals surface area contributed by atoms with E-state index in [1.54, 1.807) is 11.5 Å². The summed E-state index contributed by atoms with van der Waals surface area (Å²) in [6.07, 6.45) is 2.86. The smallest absolute Gasteiger partial charge is 0.327 e. The summed E-state index contributed by atoms with van der Waals surface area (Å²) in [5, 5.41) is 6.17. The second-order valence-electron chi connectivity index (χ2n) is 8.03. The van der Waals surface area contributed by atoms with E-state index < -0.39 is 26.8 Å². The van der Waals surface area contributed by atoms with Gasteiger partial charge in [-0.15, -0.1) is 11.3 Å². The molecule has 1 aromatic heterocycles. The summed E-state index contributed by atoms with van der Waals surface area (Å²) in [4.78, 5) is 66.4. The highest BCUT2D eigenvalue weighted by Crippen LogP contribution is 2.25. The number of unbranched alkanes of at least 4 members (excludes halogenated alkanes) is 1. The predicted octanol–water partition coefficient (Wildman–Crippen LogP) is 0.989. The van der Waals surface area contributed by atoms with Crippen molar-refractivity contribution >= 4 is 43.7 Å². The molecule has 34 heavy (non-hydrogen) atoms. The molecule has 0 aliphatic carbocycles. The minimum atomic E-state index is -2.34. The Balaban J connectivity index is 1.62. The summed E-state index contributed by atoms with van der Waals surface area (Å²) in [7, 11) is -2.34. The maximum absolute atomic E-state index is 12.9. The molecule has 3 rings (SSSR count). The number of rotatable bonds is 8. The van der Waals surface area contributed by atoms with Crippen LogP contribution in [-0.4, -0.2) is 74.4 Å². The van der Waals surface area contributed by atoms with Crippen molar-refractivity contribution in [1.82, 2.24) is 20.3 Å². The van der Waals surface area contributed by atoms with E-state index in [9.17, 15) is 14.4 Å². The van der Waals surface area contributed by atoms with E-state index in [0.717, 1.165) is 5.06 Å². The molecule has 184 valence electrons. The first kappa shape index (κ1) is 26.2. The van der Waals surface area contributed by atoms with Crippen LogP contribution in [0.5, 0.6) is 0 Å². The van der Waals surface area contributed by atoms with Gasteiger partial charge in [-0.1, -0.05) is 19.8 Å². The van der Waals surface area contributed by atoms with E-state index in [2.05, 4.69) is 26.7 Å². The van der Waals surface area contributed by atoms with Gasteiger partial charge in [0.1, 0.15) is 17.2 Å². The average Bonchev–Trinajstić information content (AvgIpc) is 3.24. The fraction of sp³-hybridized carbons (Fsp3) is 0.524. The lowest BCUT2D eigenvalue weighted by molar-refractivity contribution is -0.264. The van der Waals surface area contributed by atoms with Crippen molar-refractivity contribution in [1.29, 1.82) is 0 Å². The third-order valence-electron chi connectivity index (χ3n) is 4.89. The van der Waals surface area contributed by atoms with Crippen molar-refractivity contribution in [3.05, 3.63) is 22.2 Å². The number of nitrogens with one attached hydrogen (secondary N) is 1. The molecule has 2 unspecified atom stereocenters. The number of piperazine rings is 1. The SMILES string of the molecule is CC(C)CC1ON(C(=O)/C=C/c2nc(C#CCCCOP(O)O)cs2)C2CNC(=O)CN2C1=O. The molecule has 11 nitrogen and oxygen atoms in total. The highest BCUT2D eigenvalue weighted by molar-refractivity contribution is 7.39. The monoisotopic (exact) mass is 510 g/mol. The molecule has 2 aliphatic rings. The molecule has 3 N–H and O–H groups in total. The zero-order valence-electron chi connectivity index (χ0n) is 18.8. The minimum absolute atomic E-state index is 0.0961. The van der Waals surface area contributed by atoms with Crippen LogP contribution in [0.25, 0.3) is 6.08 Å². The summed E-state index contributed by atoms with van der Waals surface area (Å²) in [6, 6.07) is 0. The van der Waals surface area contributed by atoms with Crippen LogP contribution in [0.2, 0.25) is 0 Å². The quantitative estimate of drug-likeness (QED) is 0.204. The van der Waals surface area contributed by atoms with Gasteiger partial charge in [0, 0.05) is 17.9 Å². The Bertz CT molecular complexity index is 987. The summed E-state index contributed by atoms with van der Waals surface area (Å²) in [6.45, 7) is 4.10. The Hall–Kier alpha value is -2.39. The summed E-state index contributed by atoms with van der Waals surface area (Å²) in [5.74, 6) is 5.00. The van der Waals surface area contributed by atoms with Gasteiger partial charge < -0.3 is 24.5 Å². The maximum Gasteiger partial charge on any atom is 0.327 e. The van der Waals surface area contributed by atoms with Crippen molar-refractivity contribution in [2.45, 2.75) is 45.4 Å². The van der Waals surface area contributed by atoms with Gasteiger partial charge in [-0.05, 0) is 30.8 Å². The first-order chi connectivity index (χ1) is 16.2. The second kappa shape index (κ2) is 12.4. The third-order valence-corrected chi connectivity index (χ3v) is 6.11. The number of amides is 3. The standard InChI is InChI=1S/C21H27N4O7PS/c1-14(2)10-16-21(28)24-12-17(26)22-11-19(24)25(32-16)20(27)8-7-18-23-15(13-34-18)6-4-3-5-9-31-33(29)30/h7-8,13-14,16,19,29-30H,3,5,9-12H2,1-2H3,(H,22,26)/b8-7+. The molecular formula is C21H27N4O7PS. The Labute approximate surface area is 202 Å². The Morgan fingerprint density at radius 1 is 1.47 bits per heavy atom. The van der Waals surface area contributed by atoms with Crippen LogP contribution in [-0.2, 0) is 23.7 Å².